The average molecular weight is 532 g/mol. The standard InChI is InChI=1S/C29H29.3ClH.Ti/c1-2-3-22-29(26-17-9-5-10-18-26,27-19-11-6-12-20-27)28-21-13-16-25(28)23-24-14-7-4-8-15-24;;;;/h4-21H,2-3,22-23H2,1H3;3*1H;/q-1;;;;+4/p-3. The molecule has 0 unspecified atom stereocenters. The maximum absolute atomic E-state index is 2.36. The molecule has 4 heteroatoms. The van der Waals surface area contributed by atoms with Crippen molar-refractivity contribution in [3.8, 4) is 0 Å². The van der Waals surface area contributed by atoms with E-state index in [0.29, 0.717) is 0 Å². The molecule has 170 valence electrons. The number of unbranched alkanes of at least 4 members (excludes halogenated alkanes) is 1. The Morgan fingerprint density at radius 3 is 1.61 bits per heavy atom. The second kappa shape index (κ2) is 15.5. The first-order valence-electron chi connectivity index (χ1n) is 10.7. The summed E-state index contributed by atoms with van der Waals surface area (Å²) >= 11 is 0. The minimum absolute atomic E-state index is 0. The van der Waals surface area contributed by atoms with Gasteiger partial charge in [-0.15, -0.1) is 5.56 Å². The molecule has 0 radical (unpaired) electrons. The van der Waals surface area contributed by atoms with Gasteiger partial charge >= 0.3 is 21.7 Å². The van der Waals surface area contributed by atoms with Gasteiger partial charge in [0, 0.05) is 5.41 Å². The molecule has 0 atom stereocenters. The molecule has 0 amide bonds. The molecule has 33 heavy (non-hydrogen) atoms. The summed E-state index contributed by atoms with van der Waals surface area (Å²) in [5.74, 6) is 0. The number of hydrogen-bond donors (Lipinski definition) is 0. The summed E-state index contributed by atoms with van der Waals surface area (Å²) in [6.45, 7) is 2.29. The van der Waals surface area contributed by atoms with Crippen molar-refractivity contribution in [3.63, 3.8) is 0 Å². The first-order valence-corrected chi connectivity index (χ1v) is 10.7. The van der Waals surface area contributed by atoms with Gasteiger partial charge in [-0.3, -0.25) is 0 Å². The predicted octanol–water partition coefficient (Wildman–Crippen LogP) is -1.47. The zero-order valence-electron chi connectivity index (χ0n) is 18.9. The van der Waals surface area contributed by atoms with E-state index < -0.39 is 0 Å². The Hall–Kier alpha value is -1.41. The minimum Gasteiger partial charge on any atom is -1.00 e. The Morgan fingerprint density at radius 1 is 0.636 bits per heavy atom. The zero-order valence-corrected chi connectivity index (χ0v) is 22.7. The van der Waals surface area contributed by atoms with Gasteiger partial charge in [0.1, 0.15) is 0 Å². The van der Waals surface area contributed by atoms with Crippen LogP contribution in [-0.4, -0.2) is 0 Å². The van der Waals surface area contributed by atoms with E-state index in [9.17, 15) is 0 Å². The quantitative estimate of drug-likeness (QED) is 0.193. The molecule has 0 saturated heterocycles. The molecule has 0 aromatic heterocycles. The summed E-state index contributed by atoms with van der Waals surface area (Å²) < 4.78 is 0. The van der Waals surface area contributed by atoms with Crippen LogP contribution in [0.25, 0.3) is 0 Å². The van der Waals surface area contributed by atoms with Gasteiger partial charge in [0.05, 0.1) is 0 Å². The summed E-state index contributed by atoms with van der Waals surface area (Å²) in [6.07, 6.45) is 4.47. The van der Waals surface area contributed by atoms with Gasteiger partial charge in [-0.05, 0) is 29.5 Å². The van der Waals surface area contributed by atoms with Crippen LogP contribution in [0, 0.1) is 0 Å². The molecule has 0 aliphatic rings. The summed E-state index contributed by atoms with van der Waals surface area (Å²) in [5, 5.41) is 0. The SMILES string of the molecule is CCCCC(c1ccccc1)(c1ccccc1)[c-]1cccc1Cc1ccccc1.[Cl-].[Cl-].[Cl-].[Ti+4]. The summed E-state index contributed by atoms with van der Waals surface area (Å²) in [7, 11) is 0. The van der Waals surface area contributed by atoms with Gasteiger partial charge in [0.15, 0.2) is 0 Å². The molecule has 0 fully saturated rings. The fraction of sp³-hybridized carbons (Fsp3) is 0.207. The third-order valence-corrected chi connectivity index (χ3v) is 6.04. The van der Waals surface area contributed by atoms with E-state index in [1.54, 1.807) is 0 Å². The van der Waals surface area contributed by atoms with Crippen LogP contribution in [0.4, 0.5) is 0 Å². The molecule has 4 aromatic rings. The van der Waals surface area contributed by atoms with Crippen molar-refractivity contribution in [1.29, 1.82) is 0 Å². The number of hydrogen-bond acceptors (Lipinski definition) is 0. The van der Waals surface area contributed by atoms with Gasteiger partial charge in [-0.2, -0.15) is 11.6 Å². The van der Waals surface area contributed by atoms with Crippen molar-refractivity contribution in [1.82, 2.24) is 0 Å². The van der Waals surface area contributed by atoms with Crippen molar-refractivity contribution < 1.29 is 58.9 Å². The van der Waals surface area contributed by atoms with E-state index >= 15 is 0 Å². The first kappa shape index (κ1) is 31.6. The minimum atomic E-state index is -0.119. The van der Waals surface area contributed by atoms with Crippen LogP contribution in [-0.2, 0) is 33.6 Å². The smallest absolute Gasteiger partial charge is 1.00 e. The van der Waals surface area contributed by atoms with Crippen LogP contribution >= 0.6 is 0 Å². The van der Waals surface area contributed by atoms with E-state index in [-0.39, 0.29) is 64.4 Å². The largest absolute Gasteiger partial charge is 4.00 e. The predicted molar refractivity (Wildman–Crippen MR) is 124 cm³/mol. The molecule has 0 aliphatic heterocycles. The Bertz CT molecular complexity index is 975. The molecule has 4 aromatic carbocycles. The van der Waals surface area contributed by atoms with Crippen LogP contribution in [0.1, 0.15) is 54.0 Å². The Balaban J connectivity index is 0.00000256. The average Bonchev–Trinajstić information content (AvgIpc) is 3.25. The van der Waals surface area contributed by atoms with Crippen molar-refractivity contribution in [2.75, 3.05) is 0 Å². The van der Waals surface area contributed by atoms with Gasteiger partial charge in [0.25, 0.3) is 0 Å². The van der Waals surface area contributed by atoms with Crippen LogP contribution in [0.2, 0.25) is 0 Å². The second-order valence-corrected chi connectivity index (χ2v) is 7.87. The molecule has 0 N–H and O–H groups in total. The number of benzene rings is 3. The summed E-state index contributed by atoms with van der Waals surface area (Å²) in [6, 6.07) is 39.9. The topological polar surface area (TPSA) is 0 Å². The third kappa shape index (κ3) is 7.04. The molecule has 0 aliphatic carbocycles. The van der Waals surface area contributed by atoms with Crippen LogP contribution in [0.3, 0.4) is 0 Å². The maximum atomic E-state index is 2.36. The Kier molecular flexibility index (Phi) is 14.8. The van der Waals surface area contributed by atoms with Gasteiger partial charge in [-0.1, -0.05) is 111 Å². The fourth-order valence-corrected chi connectivity index (χ4v) is 4.63. The van der Waals surface area contributed by atoms with Gasteiger partial charge in [-0.25, -0.2) is 12.1 Å². The third-order valence-electron chi connectivity index (χ3n) is 6.04. The van der Waals surface area contributed by atoms with Crippen molar-refractivity contribution in [3.05, 3.63) is 137 Å². The van der Waals surface area contributed by atoms with E-state index in [1.165, 1.54) is 40.7 Å². The zero-order chi connectivity index (χ0) is 19.9. The van der Waals surface area contributed by atoms with Gasteiger partial charge < -0.3 is 37.2 Å². The molecule has 0 saturated carbocycles. The molecular formula is C29H29Cl3Ti. The van der Waals surface area contributed by atoms with E-state index in [1.807, 2.05) is 0 Å². The van der Waals surface area contributed by atoms with Crippen molar-refractivity contribution in [2.45, 2.75) is 38.0 Å². The monoisotopic (exact) mass is 530 g/mol. The maximum Gasteiger partial charge on any atom is 4.00 e. The van der Waals surface area contributed by atoms with Crippen molar-refractivity contribution >= 4 is 0 Å². The van der Waals surface area contributed by atoms with Crippen LogP contribution in [0.5, 0.6) is 0 Å². The Labute approximate surface area is 232 Å². The van der Waals surface area contributed by atoms with E-state index in [4.69, 9.17) is 0 Å². The normalized spacial score (nSPS) is 10.1. The fourth-order valence-electron chi connectivity index (χ4n) is 4.63. The molecule has 4 rings (SSSR count). The molecule has 0 heterocycles. The van der Waals surface area contributed by atoms with Crippen molar-refractivity contribution in [2.24, 2.45) is 0 Å². The molecular weight excluding hydrogens is 503 g/mol. The number of halogens is 3. The second-order valence-electron chi connectivity index (χ2n) is 7.87. The Morgan fingerprint density at radius 2 is 1.12 bits per heavy atom. The summed E-state index contributed by atoms with van der Waals surface area (Å²) in [4.78, 5) is 0. The number of rotatable bonds is 8. The summed E-state index contributed by atoms with van der Waals surface area (Å²) in [5.41, 5.74) is 6.91. The molecule has 0 bridgehead atoms. The van der Waals surface area contributed by atoms with E-state index in [0.717, 1.165) is 12.8 Å². The first-order chi connectivity index (χ1) is 14.3. The van der Waals surface area contributed by atoms with Crippen LogP contribution < -0.4 is 37.2 Å². The van der Waals surface area contributed by atoms with Gasteiger partial charge in [0.2, 0.25) is 0 Å². The van der Waals surface area contributed by atoms with E-state index in [2.05, 4.69) is 116 Å². The molecule has 0 spiro atoms. The molecule has 0 nitrogen and oxygen atoms in total. The van der Waals surface area contributed by atoms with Crippen LogP contribution in [0.15, 0.2) is 109 Å².